The average molecular weight is 464 g/mol. The number of likely N-dealkylation sites (tertiary alicyclic amines) is 1. The molecule has 1 unspecified atom stereocenters. The highest BCUT2D eigenvalue weighted by Crippen LogP contribution is 2.31. The maximum Gasteiger partial charge on any atom is 0.416 e. The number of piperidine rings is 1. The van der Waals surface area contributed by atoms with Gasteiger partial charge >= 0.3 is 6.18 Å². The second kappa shape index (κ2) is 10.1. The summed E-state index contributed by atoms with van der Waals surface area (Å²) >= 11 is 0. The quantitative estimate of drug-likeness (QED) is 0.686. The topological polar surface area (TPSA) is 67.9 Å². The van der Waals surface area contributed by atoms with Crippen LogP contribution in [0.3, 0.4) is 0 Å². The molecule has 1 N–H and O–H groups in total. The van der Waals surface area contributed by atoms with E-state index in [9.17, 15) is 22.8 Å². The third-order valence-corrected chi connectivity index (χ3v) is 5.88. The van der Waals surface area contributed by atoms with E-state index in [-0.39, 0.29) is 29.3 Å². The zero-order valence-electron chi connectivity index (χ0n) is 18.7. The Hall–Kier alpha value is -3.23. The molecule has 1 fully saturated rings. The van der Waals surface area contributed by atoms with E-state index in [4.69, 9.17) is 9.47 Å². The van der Waals surface area contributed by atoms with Gasteiger partial charge in [-0.15, -0.1) is 0 Å². The van der Waals surface area contributed by atoms with Crippen LogP contribution in [0, 0.1) is 5.92 Å². The molecular formula is C24H27F3N2O4. The van der Waals surface area contributed by atoms with E-state index in [1.54, 1.807) is 25.2 Å². The molecular weight excluding hydrogens is 437 g/mol. The first-order valence-corrected chi connectivity index (χ1v) is 10.6. The number of nitrogens with one attached hydrogen (secondary N) is 1. The number of halogens is 3. The lowest BCUT2D eigenvalue weighted by molar-refractivity contribution is -0.137. The fourth-order valence-electron chi connectivity index (χ4n) is 3.87. The summed E-state index contributed by atoms with van der Waals surface area (Å²) in [6.07, 6.45) is -3.48. The van der Waals surface area contributed by atoms with Gasteiger partial charge in [0.1, 0.15) is 0 Å². The summed E-state index contributed by atoms with van der Waals surface area (Å²) in [5, 5.41) is 3.01. The lowest BCUT2D eigenvalue weighted by Crippen LogP contribution is -2.43. The molecule has 0 spiro atoms. The Labute approximate surface area is 190 Å². The molecule has 33 heavy (non-hydrogen) atoms. The van der Waals surface area contributed by atoms with Crippen LogP contribution in [0.4, 0.5) is 13.2 Å². The number of rotatable bonds is 6. The van der Waals surface area contributed by atoms with Gasteiger partial charge in [-0.05, 0) is 61.7 Å². The highest BCUT2D eigenvalue weighted by atomic mass is 19.4. The molecule has 0 aliphatic carbocycles. The first-order chi connectivity index (χ1) is 15.6. The highest BCUT2D eigenvalue weighted by molar-refractivity contribution is 5.94. The zero-order valence-corrected chi connectivity index (χ0v) is 18.7. The van der Waals surface area contributed by atoms with Crippen LogP contribution in [0.25, 0.3) is 0 Å². The Bertz CT molecular complexity index is 984. The molecule has 6 nitrogen and oxygen atoms in total. The second-order valence-corrected chi connectivity index (χ2v) is 7.99. The molecule has 0 bridgehead atoms. The molecule has 2 aromatic rings. The molecule has 1 atom stereocenters. The van der Waals surface area contributed by atoms with Gasteiger partial charge in [0.05, 0.1) is 25.8 Å². The van der Waals surface area contributed by atoms with Gasteiger partial charge in [0.25, 0.3) is 5.91 Å². The Morgan fingerprint density at radius 2 is 1.61 bits per heavy atom. The number of carbonyl (C=O) groups is 2. The second-order valence-electron chi connectivity index (χ2n) is 7.99. The number of hydrogen-bond acceptors (Lipinski definition) is 4. The third kappa shape index (κ3) is 5.77. The van der Waals surface area contributed by atoms with Crippen LogP contribution in [0.2, 0.25) is 0 Å². The number of hydrogen-bond donors (Lipinski definition) is 1. The van der Waals surface area contributed by atoms with Gasteiger partial charge in [-0.2, -0.15) is 13.2 Å². The van der Waals surface area contributed by atoms with Crippen molar-refractivity contribution in [2.45, 2.75) is 32.0 Å². The van der Waals surface area contributed by atoms with Crippen LogP contribution in [0.15, 0.2) is 42.5 Å². The molecule has 2 amide bonds. The Morgan fingerprint density at radius 3 is 2.15 bits per heavy atom. The van der Waals surface area contributed by atoms with E-state index in [2.05, 4.69) is 5.32 Å². The lowest BCUT2D eigenvalue weighted by atomic mass is 9.94. The summed E-state index contributed by atoms with van der Waals surface area (Å²) in [7, 11) is 3.10. The van der Waals surface area contributed by atoms with E-state index in [0.29, 0.717) is 37.4 Å². The van der Waals surface area contributed by atoms with Crippen LogP contribution in [0.5, 0.6) is 11.5 Å². The molecule has 178 valence electrons. The number of methoxy groups -OCH3 is 2. The number of benzene rings is 2. The van der Waals surface area contributed by atoms with Crippen LogP contribution in [0.1, 0.15) is 47.3 Å². The van der Waals surface area contributed by atoms with E-state index in [1.165, 1.54) is 12.1 Å². The number of alkyl halides is 3. The molecule has 1 aliphatic heterocycles. The molecule has 1 aliphatic rings. The number of amides is 2. The van der Waals surface area contributed by atoms with Gasteiger partial charge in [0.2, 0.25) is 5.91 Å². The van der Waals surface area contributed by atoms with Crippen molar-refractivity contribution in [1.29, 1.82) is 0 Å². The Balaban J connectivity index is 1.55. The maximum atomic E-state index is 12.8. The molecule has 1 saturated heterocycles. The van der Waals surface area contributed by atoms with E-state index in [0.717, 1.165) is 17.7 Å². The van der Waals surface area contributed by atoms with E-state index >= 15 is 0 Å². The molecule has 0 aromatic heterocycles. The van der Waals surface area contributed by atoms with Gasteiger partial charge in [0.15, 0.2) is 11.5 Å². The fourth-order valence-corrected chi connectivity index (χ4v) is 3.87. The summed E-state index contributed by atoms with van der Waals surface area (Å²) in [5.41, 5.74) is 0.280. The minimum atomic E-state index is -4.44. The van der Waals surface area contributed by atoms with Crippen molar-refractivity contribution in [3.05, 3.63) is 59.2 Å². The third-order valence-electron chi connectivity index (χ3n) is 5.88. The molecule has 1 heterocycles. The smallest absolute Gasteiger partial charge is 0.416 e. The Morgan fingerprint density at radius 1 is 1.00 bits per heavy atom. The van der Waals surface area contributed by atoms with Gasteiger partial charge in [-0.3, -0.25) is 9.59 Å². The van der Waals surface area contributed by atoms with Crippen molar-refractivity contribution in [3.8, 4) is 11.5 Å². The molecule has 3 rings (SSSR count). The normalized spacial score (nSPS) is 15.6. The standard InChI is InChI=1S/C24H27F3N2O4/c1-15(18-6-9-20(32-2)21(14-18)33-3)28-22(30)16-10-12-29(13-11-16)23(31)17-4-7-19(8-5-17)24(25,26)27/h4-9,14-16H,10-13H2,1-3H3,(H,28,30). The van der Waals surface area contributed by atoms with Crippen molar-refractivity contribution in [1.82, 2.24) is 10.2 Å². The fraction of sp³-hybridized carbons (Fsp3) is 0.417. The summed E-state index contributed by atoms with van der Waals surface area (Å²) in [6, 6.07) is 9.40. The van der Waals surface area contributed by atoms with Crippen molar-refractivity contribution >= 4 is 11.8 Å². The van der Waals surface area contributed by atoms with Gasteiger partial charge < -0.3 is 19.7 Å². The number of ether oxygens (including phenoxy) is 2. The monoisotopic (exact) mass is 464 g/mol. The highest BCUT2D eigenvalue weighted by Gasteiger charge is 2.31. The molecule has 9 heteroatoms. The van der Waals surface area contributed by atoms with Crippen LogP contribution >= 0.6 is 0 Å². The van der Waals surface area contributed by atoms with Gasteiger partial charge in [-0.1, -0.05) is 6.07 Å². The minimum Gasteiger partial charge on any atom is -0.493 e. The minimum absolute atomic E-state index is 0.0982. The SMILES string of the molecule is COc1ccc(C(C)NC(=O)C2CCN(C(=O)c3ccc(C(F)(F)F)cc3)CC2)cc1OC. The van der Waals surface area contributed by atoms with Crippen molar-refractivity contribution in [2.75, 3.05) is 27.3 Å². The van der Waals surface area contributed by atoms with Gasteiger partial charge in [0, 0.05) is 24.6 Å². The summed E-state index contributed by atoms with van der Waals surface area (Å²) in [5.74, 6) is 0.500. The van der Waals surface area contributed by atoms with Crippen molar-refractivity contribution in [3.63, 3.8) is 0 Å². The largest absolute Gasteiger partial charge is 0.493 e. The van der Waals surface area contributed by atoms with Crippen LogP contribution in [-0.2, 0) is 11.0 Å². The van der Waals surface area contributed by atoms with Crippen LogP contribution in [-0.4, -0.2) is 44.0 Å². The van der Waals surface area contributed by atoms with Crippen molar-refractivity contribution in [2.24, 2.45) is 5.92 Å². The Kier molecular flexibility index (Phi) is 7.50. The molecule has 2 aromatic carbocycles. The average Bonchev–Trinajstić information content (AvgIpc) is 2.82. The van der Waals surface area contributed by atoms with E-state index in [1.807, 2.05) is 19.1 Å². The number of nitrogens with zero attached hydrogens (tertiary/aromatic N) is 1. The predicted molar refractivity (Wildman–Crippen MR) is 116 cm³/mol. The molecule has 0 radical (unpaired) electrons. The first-order valence-electron chi connectivity index (χ1n) is 10.6. The predicted octanol–water partition coefficient (Wildman–Crippen LogP) is 4.45. The summed E-state index contributed by atoms with van der Waals surface area (Å²) in [6.45, 7) is 2.60. The summed E-state index contributed by atoms with van der Waals surface area (Å²) in [4.78, 5) is 27.0. The maximum absolute atomic E-state index is 12.8. The van der Waals surface area contributed by atoms with E-state index < -0.39 is 11.7 Å². The van der Waals surface area contributed by atoms with Crippen LogP contribution < -0.4 is 14.8 Å². The number of carbonyl (C=O) groups excluding carboxylic acids is 2. The zero-order chi connectivity index (χ0) is 24.2. The summed E-state index contributed by atoms with van der Waals surface area (Å²) < 4.78 is 48.7. The van der Waals surface area contributed by atoms with Crippen molar-refractivity contribution < 1.29 is 32.2 Å². The molecule has 0 saturated carbocycles. The lowest BCUT2D eigenvalue weighted by Gasteiger charge is -2.32. The van der Waals surface area contributed by atoms with Gasteiger partial charge in [-0.25, -0.2) is 0 Å². The first kappa shape index (κ1) is 24.4.